The number of piperidine rings is 1. The van der Waals surface area contributed by atoms with Gasteiger partial charge < -0.3 is 15.0 Å². The van der Waals surface area contributed by atoms with Gasteiger partial charge in [0.1, 0.15) is 17.2 Å². The second-order valence-corrected chi connectivity index (χ2v) is 8.85. The fraction of sp³-hybridized carbons (Fsp3) is 0.308. The summed E-state index contributed by atoms with van der Waals surface area (Å²) in [4.78, 5) is 28.8. The number of hydrogen-bond acceptors (Lipinski definition) is 7. The molecule has 1 fully saturated rings. The molecule has 35 heavy (non-hydrogen) atoms. The van der Waals surface area contributed by atoms with E-state index in [9.17, 15) is 4.79 Å². The Bertz CT molecular complexity index is 1420. The van der Waals surface area contributed by atoms with Crippen molar-refractivity contribution in [3.8, 4) is 11.4 Å². The van der Waals surface area contributed by atoms with Gasteiger partial charge in [0, 0.05) is 42.9 Å². The molecular weight excluding hydrogens is 442 g/mol. The van der Waals surface area contributed by atoms with Gasteiger partial charge in [-0.2, -0.15) is 4.98 Å². The number of aromatic nitrogens is 5. The number of pyridine rings is 1. The highest BCUT2D eigenvalue weighted by Crippen LogP contribution is 2.24. The maximum absolute atomic E-state index is 13.2. The van der Waals surface area contributed by atoms with Crippen molar-refractivity contribution in [1.29, 1.82) is 0 Å². The number of ether oxygens (including phenoxy) is 1. The van der Waals surface area contributed by atoms with Crippen molar-refractivity contribution in [1.82, 2.24) is 29.2 Å². The molecule has 0 unspecified atom stereocenters. The van der Waals surface area contributed by atoms with Crippen molar-refractivity contribution >= 4 is 22.7 Å². The molecular formula is C26H29N7O2. The predicted octanol–water partition coefficient (Wildman–Crippen LogP) is 3.69. The van der Waals surface area contributed by atoms with Crippen LogP contribution in [0, 0.1) is 6.92 Å². The van der Waals surface area contributed by atoms with Gasteiger partial charge in [-0.1, -0.05) is 12.1 Å². The van der Waals surface area contributed by atoms with Crippen molar-refractivity contribution < 1.29 is 4.74 Å². The van der Waals surface area contributed by atoms with Gasteiger partial charge in [-0.3, -0.25) is 9.78 Å². The molecule has 180 valence electrons. The summed E-state index contributed by atoms with van der Waals surface area (Å²) in [5.74, 6) is 1.17. The topological polar surface area (TPSA) is 90.1 Å². The molecule has 0 spiro atoms. The normalized spacial score (nSPS) is 14.8. The Morgan fingerprint density at radius 2 is 2.03 bits per heavy atom. The molecule has 9 nitrogen and oxygen atoms in total. The molecule has 0 saturated carbocycles. The van der Waals surface area contributed by atoms with Crippen molar-refractivity contribution in [2.45, 2.75) is 32.4 Å². The lowest BCUT2D eigenvalue weighted by molar-refractivity contribution is 0.114. The van der Waals surface area contributed by atoms with Crippen molar-refractivity contribution in [2.24, 2.45) is 0 Å². The third-order valence-electron chi connectivity index (χ3n) is 6.16. The van der Waals surface area contributed by atoms with Crippen LogP contribution in [0.4, 0.5) is 11.6 Å². The van der Waals surface area contributed by atoms with Gasteiger partial charge in [-0.25, -0.2) is 14.3 Å². The standard InChI is InChI=1S/C26H29N7O2/c1-4-12-32-25(34)23-17-28-26(29-19-8-11-27-18(2)15-19)30-24(23)33(32)20-6-5-7-22(16-20)35-21-9-13-31(3)14-10-21/h4-8,11,15-17,21H,1,9-10,12-14H2,2-3H3,(H,27,28,29,30). The minimum absolute atomic E-state index is 0.173. The summed E-state index contributed by atoms with van der Waals surface area (Å²) >= 11 is 0. The number of aryl methyl sites for hydroxylation is 1. The minimum Gasteiger partial charge on any atom is -0.490 e. The zero-order valence-electron chi connectivity index (χ0n) is 20.0. The van der Waals surface area contributed by atoms with Gasteiger partial charge in [0.25, 0.3) is 5.56 Å². The third kappa shape index (κ3) is 4.81. The van der Waals surface area contributed by atoms with E-state index >= 15 is 0 Å². The van der Waals surface area contributed by atoms with Crippen molar-refractivity contribution in [3.63, 3.8) is 0 Å². The van der Waals surface area contributed by atoms with Crippen LogP contribution >= 0.6 is 0 Å². The molecule has 0 aliphatic carbocycles. The first-order valence-electron chi connectivity index (χ1n) is 11.8. The number of nitrogens with one attached hydrogen (secondary N) is 1. The first-order chi connectivity index (χ1) is 17.0. The molecule has 0 radical (unpaired) electrons. The number of fused-ring (bicyclic) bond motifs is 1. The van der Waals surface area contributed by atoms with E-state index in [4.69, 9.17) is 9.72 Å². The molecule has 1 aromatic carbocycles. The van der Waals surface area contributed by atoms with Gasteiger partial charge in [0.15, 0.2) is 5.65 Å². The minimum atomic E-state index is -0.173. The fourth-order valence-electron chi connectivity index (χ4n) is 4.37. The molecule has 4 aromatic rings. The van der Waals surface area contributed by atoms with E-state index < -0.39 is 0 Å². The summed E-state index contributed by atoms with van der Waals surface area (Å²) in [5.41, 5.74) is 2.83. The highest BCUT2D eigenvalue weighted by atomic mass is 16.5. The molecule has 1 aliphatic rings. The van der Waals surface area contributed by atoms with Crippen molar-refractivity contribution in [2.75, 3.05) is 25.5 Å². The lowest BCUT2D eigenvalue weighted by Crippen LogP contribution is -2.35. The molecule has 0 amide bonds. The molecule has 0 bridgehead atoms. The fourth-order valence-corrected chi connectivity index (χ4v) is 4.37. The first-order valence-corrected chi connectivity index (χ1v) is 11.8. The Morgan fingerprint density at radius 3 is 2.80 bits per heavy atom. The first kappa shape index (κ1) is 22.8. The second-order valence-electron chi connectivity index (χ2n) is 8.85. The van der Waals surface area contributed by atoms with Crippen LogP contribution in [0.3, 0.4) is 0 Å². The van der Waals surface area contributed by atoms with E-state index in [2.05, 4.69) is 33.8 Å². The highest BCUT2D eigenvalue weighted by Gasteiger charge is 2.20. The molecule has 1 aliphatic heterocycles. The van der Waals surface area contributed by atoms with Crippen LogP contribution in [-0.4, -0.2) is 55.5 Å². The number of likely N-dealkylation sites (tertiary alicyclic amines) is 1. The van der Waals surface area contributed by atoms with E-state index in [0.29, 0.717) is 23.5 Å². The smallest absolute Gasteiger partial charge is 0.278 e. The average molecular weight is 472 g/mol. The second kappa shape index (κ2) is 9.71. The van der Waals surface area contributed by atoms with Crippen LogP contribution in [0.2, 0.25) is 0 Å². The Hall–Kier alpha value is -3.98. The Morgan fingerprint density at radius 1 is 1.20 bits per heavy atom. The molecule has 5 rings (SSSR count). The summed E-state index contributed by atoms with van der Waals surface area (Å²) < 4.78 is 9.72. The quantitative estimate of drug-likeness (QED) is 0.411. The summed E-state index contributed by atoms with van der Waals surface area (Å²) in [6, 6.07) is 11.6. The Kier molecular flexibility index (Phi) is 6.33. The average Bonchev–Trinajstić information content (AvgIpc) is 3.12. The van der Waals surface area contributed by atoms with Crippen LogP contribution in [0.25, 0.3) is 16.7 Å². The molecule has 0 atom stereocenters. The zero-order chi connectivity index (χ0) is 24.4. The molecule has 4 heterocycles. The van der Waals surface area contributed by atoms with E-state index in [1.54, 1.807) is 23.2 Å². The SMILES string of the molecule is C=CCn1c(=O)c2cnc(Nc3ccnc(C)c3)nc2n1-c1cccc(OC2CCN(C)CC2)c1. The van der Waals surface area contributed by atoms with Crippen LogP contribution in [0.1, 0.15) is 18.5 Å². The summed E-state index contributed by atoms with van der Waals surface area (Å²) in [7, 11) is 2.13. The zero-order valence-corrected chi connectivity index (χ0v) is 20.0. The number of anilines is 2. The van der Waals surface area contributed by atoms with Gasteiger partial charge >= 0.3 is 0 Å². The molecule has 3 aromatic heterocycles. The number of allylic oxidation sites excluding steroid dienone is 1. The number of nitrogens with zero attached hydrogens (tertiary/aromatic N) is 6. The third-order valence-corrected chi connectivity index (χ3v) is 6.16. The maximum atomic E-state index is 13.2. The summed E-state index contributed by atoms with van der Waals surface area (Å²) in [5, 5.41) is 3.64. The Balaban J connectivity index is 1.54. The number of rotatable bonds is 7. The molecule has 9 heteroatoms. The maximum Gasteiger partial charge on any atom is 0.278 e. The van der Waals surface area contributed by atoms with Gasteiger partial charge in [0.05, 0.1) is 12.2 Å². The summed E-state index contributed by atoms with van der Waals surface area (Å²) in [6.07, 6.45) is 7.15. The predicted molar refractivity (Wildman–Crippen MR) is 137 cm³/mol. The van der Waals surface area contributed by atoms with Gasteiger partial charge in [0.2, 0.25) is 5.95 Å². The largest absolute Gasteiger partial charge is 0.490 e. The van der Waals surface area contributed by atoms with E-state index in [0.717, 1.165) is 48.7 Å². The summed E-state index contributed by atoms with van der Waals surface area (Å²) in [6.45, 7) is 8.13. The van der Waals surface area contributed by atoms with Crippen LogP contribution in [-0.2, 0) is 6.54 Å². The van der Waals surface area contributed by atoms with Crippen LogP contribution < -0.4 is 15.6 Å². The van der Waals surface area contributed by atoms with Crippen LogP contribution in [0.15, 0.2) is 66.2 Å². The molecule has 1 N–H and O–H groups in total. The number of benzene rings is 1. The number of hydrogen-bond donors (Lipinski definition) is 1. The molecule has 1 saturated heterocycles. The lowest BCUT2D eigenvalue weighted by atomic mass is 10.1. The lowest BCUT2D eigenvalue weighted by Gasteiger charge is -2.29. The Labute approximate surface area is 203 Å². The van der Waals surface area contributed by atoms with E-state index in [-0.39, 0.29) is 11.7 Å². The van der Waals surface area contributed by atoms with E-state index in [1.807, 2.05) is 48.0 Å². The van der Waals surface area contributed by atoms with Crippen molar-refractivity contribution in [3.05, 3.63) is 77.5 Å². The van der Waals surface area contributed by atoms with Gasteiger partial charge in [-0.15, -0.1) is 6.58 Å². The highest BCUT2D eigenvalue weighted by molar-refractivity contribution is 5.77. The van der Waals surface area contributed by atoms with Gasteiger partial charge in [-0.05, 0) is 51.1 Å². The van der Waals surface area contributed by atoms with Crippen LogP contribution in [0.5, 0.6) is 5.75 Å². The van der Waals surface area contributed by atoms with E-state index in [1.165, 1.54) is 0 Å². The monoisotopic (exact) mass is 471 g/mol.